The molecule has 0 fully saturated rings. The van der Waals surface area contributed by atoms with Crippen molar-refractivity contribution in [2.75, 3.05) is 5.73 Å². The van der Waals surface area contributed by atoms with Crippen LogP contribution in [0.3, 0.4) is 0 Å². The Morgan fingerprint density at radius 3 is 2.82 bits per heavy atom. The van der Waals surface area contributed by atoms with Crippen LogP contribution in [0.2, 0.25) is 0 Å². The Morgan fingerprint density at radius 1 is 1.12 bits per heavy atom. The maximum absolute atomic E-state index is 13.2. The van der Waals surface area contributed by atoms with Crippen molar-refractivity contribution in [3.05, 3.63) is 48.4 Å². The van der Waals surface area contributed by atoms with E-state index < -0.39 is 0 Å². The molecular formula is C12H9FN4. The van der Waals surface area contributed by atoms with E-state index in [-0.39, 0.29) is 5.82 Å². The highest BCUT2D eigenvalue weighted by atomic mass is 19.1. The van der Waals surface area contributed by atoms with Gasteiger partial charge in [0.2, 0.25) is 0 Å². The number of rotatable bonds is 1. The Morgan fingerprint density at radius 2 is 2.00 bits per heavy atom. The highest BCUT2D eigenvalue weighted by Gasteiger charge is 2.08. The fraction of sp³-hybridized carbons (Fsp3) is 0. The molecule has 2 heterocycles. The molecule has 0 bridgehead atoms. The van der Waals surface area contributed by atoms with Crippen LogP contribution in [-0.4, -0.2) is 14.6 Å². The van der Waals surface area contributed by atoms with Gasteiger partial charge in [-0.1, -0.05) is 12.1 Å². The monoisotopic (exact) mass is 228 g/mol. The normalized spacial score (nSPS) is 10.9. The summed E-state index contributed by atoms with van der Waals surface area (Å²) in [4.78, 5) is 0. The van der Waals surface area contributed by atoms with Gasteiger partial charge < -0.3 is 5.73 Å². The zero-order valence-corrected chi connectivity index (χ0v) is 8.84. The molecule has 0 saturated heterocycles. The highest BCUT2D eigenvalue weighted by molar-refractivity contribution is 5.63. The molecule has 17 heavy (non-hydrogen) atoms. The van der Waals surface area contributed by atoms with Gasteiger partial charge in [0.15, 0.2) is 11.5 Å². The molecule has 2 aromatic heterocycles. The van der Waals surface area contributed by atoms with Crippen LogP contribution in [-0.2, 0) is 0 Å². The predicted octanol–water partition coefficient (Wildman–Crippen LogP) is 2.12. The van der Waals surface area contributed by atoms with E-state index >= 15 is 0 Å². The van der Waals surface area contributed by atoms with Crippen LogP contribution in [0.5, 0.6) is 0 Å². The molecule has 0 unspecified atom stereocenters. The molecule has 84 valence electrons. The summed E-state index contributed by atoms with van der Waals surface area (Å²) in [6.45, 7) is 0. The van der Waals surface area contributed by atoms with Crippen LogP contribution < -0.4 is 5.73 Å². The zero-order valence-electron chi connectivity index (χ0n) is 8.84. The number of hydrogen-bond donors (Lipinski definition) is 1. The summed E-state index contributed by atoms with van der Waals surface area (Å²) >= 11 is 0. The average molecular weight is 228 g/mol. The molecule has 0 saturated carbocycles. The fourth-order valence-corrected chi connectivity index (χ4v) is 1.74. The van der Waals surface area contributed by atoms with Crippen LogP contribution in [0.15, 0.2) is 42.6 Å². The molecule has 3 aromatic rings. The summed E-state index contributed by atoms with van der Waals surface area (Å²) < 4.78 is 14.8. The summed E-state index contributed by atoms with van der Waals surface area (Å²) in [5, 5.41) is 8.01. The van der Waals surface area contributed by atoms with E-state index in [4.69, 9.17) is 5.73 Å². The van der Waals surface area contributed by atoms with Crippen molar-refractivity contribution >= 4 is 11.3 Å². The summed E-state index contributed by atoms with van der Waals surface area (Å²) in [5.74, 6) is 0.245. The maximum Gasteiger partial charge on any atom is 0.168 e. The number of pyridine rings is 1. The molecule has 1 aromatic carbocycles. The minimum absolute atomic E-state index is 0.331. The predicted molar refractivity (Wildman–Crippen MR) is 62.8 cm³/mol. The lowest BCUT2D eigenvalue weighted by Crippen LogP contribution is -1.92. The van der Waals surface area contributed by atoms with Gasteiger partial charge in [-0.25, -0.2) is 4.39 Å². The highest BCUT2D eigenvalue weighted by Crippen LogP contribution is 2.20. The molecule has 4 nitrogen and oxygen atoms in total. The molecule has 0 amide bonds. The van der Waals surface area contributed by atoms with E-state index in [0.29, 0.717) is 17.2 Å². The third-order valence-electron chi connectivity index (χ3n) is 2.51. The van der Waals surface area contributed by atoms with Gasteiger partial charge in [0, 0.05) is 17.4 Å². The number of nitrogen functional groups attached to an aromatic ring is 1. The molecule has 3 rings (SSSR count). The van der Waals surface area contributed by atoms with Crippen molar-refractivity contribution in [1.82, 2.24) is 14.6 Å². The van der Waals surface area contributed by atoms with Crippen molar-refractivity contribution < 1.29 is 4.39 Å². The van der Waals surface area contributed by atoms with Crippen molar-refractivity contribution in [2.45, 2.75) is 0 Å². The molecule has 0 aliphatic rings. The second-order valence-electron chi connectivity index (χ2n) is 3.72. The number of hydrogen-bond acceptors (Lipinski definition) is 3. The van der Waals surface area contributed by atoms with Crippen molar-refractivity contribution in [1.29, 1.82) is 0 Å². The number of nitrogens with zero attached hydrogens (tertiary/aromatic N) is 3. The molecular weight excluding hydrogens is 219 g/mol. The van der Waals surface area contributed by atoms with Gasteiger partial charge in [0.05, 0.1) is 0 Å². The van der Waals surface area contributed by atoms with Crippen molar-refractivity contribution in [3.63, 3.8) is 0 Å². The minimum atomic E-state index is -0.331. The second-order valence-corrected chi connectivity index (χ2v) is 3.72. The van der Waals surface area contributed by atoms with Gasteiger partial charge in [0.25, 0.3) is 0 Å². The van der Waals surface area contributed by atoms with Crippen LogP contribution in [0.4, 0.5) is 10.1 Å². The summed E-state index contributed by atoms with van der Waals surface area (Å²) in [5.41, 5.74) is 7.75. The van der Waals surface area contributed by atoms with Crippen LogP contribution >= 0.6 is 0 Å². The van der Waals surface area contributed by atoms with Crippen LogP contribution in [0.1, 0.15) is 0 Å². The maximum atomic E-state index is 13.2. The first kappa shape index (κ1) is 9.77. The van der Waals surface area contributed by atoms with E-state index in [9.17, 15) is 4.39 Å². The van der Waals surface area contributed by atoms with E-state index in [1.807, 2.05) is 12.1 Å². The van der Waals surface area contributed by atoms with Gasteiger partial charge >= 0.3 is 0 Å². The minimum Gasteiger partial charge on any atom is -0.399 e. The van der Waals surface area contributed by atoms with Crippen LogP contribution in [0, 0.1) is 5.82 Å². The quantitative estimate of drug-likeness (QED) is 0.649. The molecule has 5 heteroatoms. The number of halogens is 1. The van der Waals surface area contributed by atoms with E-state index in [0.717, 1.165) is 5.56 Å². The number of nitrogens with two attached hydrogens (primary N) is 1. The Labute approximate surface area is 96.5 Å². The zero-order chi connectivity index (χ0) is 11.8. The lowest BCUT2D eigenvalue weighted by atomic mass is 10.2. The van der Waals surface area contributed by atoms with E-state index in [1.54, 1.807) is 22.6 Å². The van der Waals surface area contributed by atoms with E-state index in [2.05, 4.69) is 10.2 Å². The third kappa shape index (κ3) is 1.61. The first-order chi connectivity index (χ1) is 8.24. The van der Waals surface area contributed by atoms with E-state index in [1.165, 1.54) is 12.3 Å². The number of fused-ring (bicyclic) bond motifs is 1. The van der Waals surface area contributed by atoms with Gasteiger partial charge in [-0.05, 0) is 24.3 Å². The number of benzene rings is 1. The SMILES string of the molecule is Nc1cccc(-c2nnc3ccc(F)cn23)c1. The van der Waals surface area contributed by atoms with Crippen LogP contribution in [0.25, 0.3) is 17.0 Å². The molecule has 2 N–H and O–H groups in total. The topological polar surface area (TPSA) is 56.2 Å². The standard InChI is InChI=1S/C12H9FN4/c13-9-4-5-11-15-16-12(17(11)7-9)8-2-1-3-10(14)6-8/h1-7H,14H2. The Hall–Kier alpha value is -2.43. The second kappa shape index (κ2) is 3.55. The number of aromatic nitrogens is 3. The third-order valence-corrected chi connectivity index (χ3v) is 2.51. The lowest BCUT2D eigenvalue weighted by molar-refractivity contribution is 0.619. The first-order valence-corrected chi connectivity index (χ1v) is 5.10. The summed E-state index contributed by atoms with van der Waals surface area (Å²) in [7, 11) is 0. The molecule has 0 spiro atoms. The smallest absolute Gasteiger partial charge is 0.168 e. The molecule has 0 atom stereocenters. The Bertz CT molecular complexity index is 690. The van der Waals surface area contributed by atoms with Crippen molar-refractivity contribution in [3.8, 4) is 11.4 Å². The Kier molecular flexibility index (Phi) is 2.04. The Balaban J connectivity index is 2.27. The fourth-order valence-electron chi connectivity index (χ4n) is 1.74. The molecule has 0 radical (unpaired) electrons. The van der Waals surface area contributed by atoms with Gasteiger partial charge in [0.1, 0.15) is 5.82 Å². The molecule has 0 aliphatic carbocycles. The first-order valence-electron chi connectivity index (χ1n) is 5.10. The van der Waals surface area contributed by atoms with Gasteiger partial charge in [-0.2, -0.15) is 0 Å². The van der Waals surface area contributed by atoms with Gasteiger partial charge in [-0.3, -0.25) is 4.40 Å². The summed E-state index contributed by atoms with van der Waals surface area (Å²) in [6.07, 6.45) is 1.36. The average Bonchev–Trinajstić information content (AvgIpc) is 2.71. The lowest BCUT2D eigenvalue weighted by Gasteiger charge is -2.01. The van der Waals surface area contributed by atoms with Gasteiger partial charge in [-0.15, -0.1) is 10.2 Å². The van der Waals surface area contributed by atoms with Crippen molar-refractivity contribution in [2.24, 2.45) is 0 Å². The number of anilines is 1. The molecule has 0 aliphatic heterocycles. The summed E-state index contributed by atoms with van der Waals surface area (Å²) in [6, 6.07) is 10.2. The largest absolute Gasteiger partial charge is 0.399 e.